The second-order valence-corrected chi connectivity index (χ2v) is 3.95. The summed E-state index contributed by atoms with van der Waals surface area (Å²) in [6.07, 6.45) is 0. The molecule has 2 aromatic carbocycles. The van der Waals surface area contributed by atoms with Gasteiger partial charge in [-0.25, -0.2) is 0 Å². The minimum absolute atomic E-state index is 0.597. The number of benzene rings is 2. The number of ether oxygens (including phenoxy) is 1. The predicted octanol–water partition coefficient (Wildman–Crippen LogP) is 4.53. The van der Waals surface area contributed by atoms with Gasteiger partial charge in [-0.3, -0.25) is 0 Å². The van der Waals surface area contributed by atoms with Gasteiger partial charge in [0.15, 0.2) is 0 Å². The molecule has 0 aromatic heterocycles. The molecule has 0 aliphatic rings. The zero-order valence-electron chi connectivity index (χ0n) is 10.7. The second-order valence-electron chi connectivity index (χ2n) is 3.95. The first kappa shape index (κ1) is 15.4. The molecule has 0 aliphatic carbocycles. The van der Waals surface area contributed by atoms with Gasteiger partial charge in [-0.15, -0.1) is 5.56 Å². The Hall–Kier alpha value is -0.657. The van der Waals surface area contributed by atoms with Gasteiger partial charge in [0.2, 0.25) is 0 Å². The van der Waals surface area contributed by atoms with Crippen LogP contribution >= 0.6 is 13.6 Å². The molecule has 18 heavy (non-hydrogen) atoms. The van der Waals surface area contributed by atoms with E-state index in [1.807, 2.05) is 30.3 Å². The summed E-state index contributed by atoms with van der Waals surface area (Å²) in [5.41, 5.74) is 3.69. The van der Waals surface area contributed by atoms with E-state index in [0.717, 1.165) is 11.3 Å². The summed E-state index contributed by atoms with van der Waals surface area (Å²) in [5, 5.41) is 0. The summed E-state index contributed by atoms with van der Waals surface area (Å²) in [4.78, 5) is 0. The predicted molar refractivity (Wildman–Crippen MR) is 74.5 cm³/mol. The number of halogens is 1. The van der Waals surface area contributed by atoms with Gasteiger partial charge in [-0.1, -0.05) is 6.07 Å². The van der Waals surface area contributed by atoms with E-state index in [1.54, 1.807) is 0 Å². The van der Waals surface area contributed by atoms with Gasteiger partial charge in [-0.2, -0.15) is 30.3 Å². The first-order valence-electron chi connectivity index (χ1n) is 5.67. The van der Waals surface area contributed by atoms with Crippen LogP contribution in [0, 0.1) is 19.9 Å². The van der Waals surface area contributed by atoms with Gasteiger partial charge in [0.05, 0.1) is 6.61 Å². The normalized spacial score (nSPS) is 9.39. The number of hydrogen-bond acceptors (Lipinski definition) is 1. The van der Waals surface area contributed by atoms with E-state index in [4.69, 9.17) is 4.74 Å². The zero-order valence-corrected chi connectivity index (χ0v) is 15.3. The Balaban J connectivity index is 0.000000771. The molecular weight excluding hydrogens is 341 g/mol. The molecule has 0 saturated carbocycles. The molecule has 3 heteroatoms. The molecule has 2 aromatic rings. The maximum absolute atomic E-state index is 5.71. The summed E-state index contributed by atoms with van der Waals surface area (Å²) in [7, 11) is 0. The quantitative estimate of drug-likeness (QED) is 0.580. The second kappa shape index (κ2) is 8.45. The van der Waals surface area contributed by atoms with Crippen LogP contribution in [0.2, 0.25) is 0 Å². The monoisotopic (exact) mass is 354 g/mol. The molecule has 2 rings (SSSR count). The van der Waals surface area contributed by atoms with E-state index < -0.39 is 0 Å². The van der Waals surface area contributed by atoms with Crippen LogP contribution in [0.15, 0.2) is 42.5 Å². The third-order valence-electron chi connectivity index (χ3n) is 2.66. The molecule has 0 unspecified atom stereocenters. The fourth-order valence-corrected chi connectivity index (χ4v) is 1.49. The van der Waals surface area contributed by atoms with E-state index in [2.05, 4.69) is 45.7 Å². The van der Waals surface area contributed by atoms with Crippen LogP contribution in [0.1, 0.15) is 16.7 Å². The van der Waals surface area contributed by atoms with Gasteiger partial charge in [0, 0.05) is 0 Å². The van der Waals surface area contributed by atoms with E-state index in [-0.39, 0.29) is 0 Å². The van der Waals surface area contributed by atoms with Crippen molar-refractivity contribution >= 4 is 13.6 Å². The third kappa shape index (κ3) is 4.91. The van der Waals surface area contributed by atoms with E-state index in [0.29, 0.717) is 6.61 Å². The molecule has 1 nitrogen and oxygen atoms in total. The maximum atomic E-state index is 5.71. The summed E-state index contributed by atoms with van der Waals surface area (Å²) in [6, 6.07) is 17.0. The first-order valence-corrected chi connectivity index (χ1v) is 12.6. The van der Waals surface area contributed by atoms with Crippen LogP contribution in [-0.4, -0.2) is 0 Å². The van der Waals surface area contributed by atoms with Crippen molar-refractivity contribution in [2.45, 2.75) is 20.5 Å². The molecular formula is C15H15BrOZn. The molecule has 0 radical (unpaired) electrons. The van der Waals surface area contributed by atoms with Crippen LogP contribution < -0.4 is 4.74 Å². The van der Waals surface area contributed by atoms with Crippen molar-refractivity contribution in [2.24, 2.45) is 0 Å². The van der Waals surface area contributed by atoms with Gasteiger partial charge in [-0.05, 0) is 37.1 Å². The number of rotatable bonds is 3. The summed E-state index contributed by atoms with van der Waals surface area (Å²) in [5.74, 6) is 0.923. The van der Waals surface area contributed by atoms with Crippen molar-refractivity contribution in [2.75, 3.05) is 0 Å². The van der Waals surface area contributed by atoms with Crippen LogP contribution in [0.5, 0.6) is 5.75 Å². The van der Waals surface area contributed by atoms with Gasteiger partial charge in [0.1, 0.15) is 5.75 Å². The van der Waals surface area contributed by atoms with Crippen molar-refractivity contribution in [1.82, 2.24) is 0 Å². The zero-order chi connectivity index (χ0) is 13.4. The fourth-order valence-electron chi connectivity index (χ4n) is 1.49. The Morgan fingerprint density at radius 1 is 1.17 bits per heavy atom. The Morgan fingerprint density at radius 2 is 1.94 bits per heavy atom. The average molecular weight is 357 g/mol. The summed E-state index contributed by atoms with van der Waals surface area (Å²) < 4.78 is 5.71. The van der Waals surface area contributed by atoms with Crippen molar-refractivity contribution in [3.8, 4) is 5.75 Å². The van der Waals surface area contributed by atoms with Crippen molar-refractivity contribution in [3.05, 3.63) is 65.2 Å². The van der Waals surface area contributed by atoms with Crippen molar-refractivity contribution in [3.63, 3.8) is 0 Å². The van der Waals surface area contributed by atoms with Crippen LogP contribution in [0.3, 0.4) is 0 Å². The molecule has 0 atom stereocenters. The van der Waals surface area contributed by atoms with Gasteiger partial charge >= 0.3 is 30.0 Å². The Morgan fingerprint density at radius 3 is 2.56 bits per heavy atom. The summed E-state index contributed by atoms with van der Waals surface area (Å²) >= 11 is 4.25. The van der Waals surface area contributed by atoms with E-state index in [1.165, 1.54) is 27.5 Å². The Labute approximate surface area is 126 Å². The first-order chi connectivity index (χ1) is 8.75. The topological polar surface area (TPSA) is 9.23 Å². The molecule has 90 valence electrons. The molecule has 0 heterocycles. The Kier molecular flexibility index (Phi) is 7.23. The van der Waals surface area contributed by atoms with Crippen LogP contribution in [-0.2, 0) is 22.9 Å². The van der Waals surface area contributed by atoms with Crippen molar-refractivity contribution < 1.29 is 21.1 Å². The molecule has 0 spiro atoms. The van der Waals surface area contributed by atoms with Crippen LogP contribution in [0.4, 0.5) is 0 Å². The number of aryl methyl sites for hydroxylation is 2. The van der Waals surface area contributed by atoms with E-state index >= 15 is 0 Å². The van der Waals surface area contributed by atoms with Crippen LogP contribution in [0.25, 0.3) is 0 Å². The minimum atomic E-state index is 0.597. The molecule has 0 saturated heterocycles. The van der Waals surface area contributed by atoms with Gasteiger partial charge in [0.25, 0.3) is 0 Å². The summed E-state index contributed by atoms with van der Waals surface area (Å²) in [6.45, 7) is 4.80. The van der Waals surface area contributed by atoms with E-state index in [9.17, 15) is 0 Å². The average Bonchev–Trinajstić information content (AvgIpc) is 2.44. The molecule has 0 N–H and O–H groups in total. The fraction of sp³-hybridized carbons (Fsp3) is 0.200. The standard InChI is InChI=1S/C15H15O.BrH.Zn/c1-12-8-9-15(10-13(12)2)16-11-14-6-4-3-5-7-14;;/h3-4,6-10H,11H2,1-2H3;1H;/q-1;;+2/p-1. The third-order valence-corrected chi connectivity index (χ3v) is 2.66. The molecule has 0 fully saturated rings. The molecule has 0 aliphatic heterocycles. The van der Waals surface area contributed by atoms with Gasteiger partial charge < -0.3 is 4.74 Å². The Bertz CT molecular complexity index is 471. The van der Waals surface area contributed by atoms with Crippen molar-refractivity contribution in [1.29, 1.82) is 0 Å². The molecule has 0 amide bonds. The molecule has 0 bridgehead atoms. The SMILES string of the molecule is Cc1ccc(OCc2c[c-]ccc2)cc1C.[Zn+][Br]. The number of hydrogen-bond donors (Lipinski definition) is 0.